The highest BCUT2D eigenvalue weighted by molar-refractivity contribution is 5.78. The Morgan fingerprint density at radius 3 is 2.22 bits per heavy atom. The zero-order valence-electron chi connectivity index (χ0n) is 12.7. The van der Waals surface area contributed by atoms with Crippen LogP contribution in [0, 0.1) is 17.8 Å². The van der Waals surface area contributed by atoms with Crippen molar-refractivity contribution in [2.45, 2.75) is 85.0 Å². The third-order valence-corrected chi connectivity index (χ3v) is 4.72. The predicted octanol–water partition coefficient (Wildman–Crippen LogP) is 5.38. The van der Waals surface area contributed by atoms with E-state index in [1.54, 1.807) is 0 Å². The summed E-state index contributed by atoms with van der Waals surface area (Å²) in [6.45, 7) is 6.36. The summed E-state index contributed by atoms with van der Waals surface area (Å²) in [5.74, 6) is 2.20. The zero-order chi connectivity index (χ0) is 13.4. The fraction of sp³-hybridized carbons (Fsp3) is 0.941. The maximum Gasteiger partial charge on any atom is 0.133 e. The molecule has 0 radical (unpaired) electrons. The number of carbonyl (C=O) groups excluding carboxylic acids is 1. The van der Waals surface area contributed by atoms with Crippen LogP contribution in [-0.4, -0.2) is 5.78 Å². The summed E-state index contributed by atoms with van der Waals surface area (Å²) in [5, 5.41) is 0. The van der Waals surface area contributed by atoms with Gasteiger partial charge < -0.3 is 0 Å². The van der Waals surface area contributed by atoms with E-state index in [0.717, 1.165) is 0 Å². The molecule has 1 rings (SSSR count). The Bertz CT molecular complexity index is 228. The van der Waals surface area contributed by atoms with Gasteiger partial charge >= 0.3 is 0 Å². The molecule has 0 N–H and O–H groups in total. The van der Waals surface area contributed by atoms with E-state index in [1.807, 2.05) is 6.92 Å². The largest absolute Gasteiger partial charge is 0.300 e. The molecule has 0 heterocycles. The van der Waals surface area contributed by atoms with Crippen LogP contribution in [0.5, 0.6) is 0 Å². The number of carbonyl (C=O) groups is 1. The molecule has 1 aliphatic carbocycles. The Kier molecular flexibility index (Phi) is 7.62. The van der Waals surface area contributed by atoms with Crippen molar-refractivity contribution in [1.82, 2.24) is 0 Å². The summed E-state index contributed by atoms with van der Waals surface area (Å²) >= 11 is 0. The van der Waals surface area contributed by atoms with Crippen LogP contribution in [0.4, 0.5) is 0 Å². The average Bonchev–Trinajstić information content (AvgIpc) is 2.37. The van der Waals surface area contributed by atoms with Gasteiger partial charge in [0.1, 0.15) is 5.78 Å². The number of hydrogen-bond donors (Lipinski definition) is 0. The van der Waals surface area contributed by atoms with Gasteiger partial charge in [-0.15, -0.1) is 0 Å². The number of Topliss-reactive ketones (excluding diaryl/α,β-unsaturated/α-hetero) is 1. The first kappa shape index (κ1) is 15.7. The molecule has 0 aliphatic heterocycles. The van der Waals surface area contributed by atoms with E-state index in [1.165, 1.54) is 64.2 Å². The van der Waals surface area contributed by atoms with E-state index in [9.17, 15) is 4.79 Å². The predicted molar refractivity (Wildman–Crippen MR) is 78.7 cm³/mol. The van der Waals surface area contributed by atoms with E-state index in [2.05, 4.69) is 13.8 Å². The lowest BCUT2D eigenvalue weighted by molar-refractivity contribution is -0.125. The monoisotopic (exact) mass is 252 g/mol. The Morgan fingerprint density at radius 1 is 1.06 bits per heavy atom. The second-order valence-electron chi connectivity index (χ2n) is 6.23. The Hall–Kier alpha value is -0.330. The molecule has 1 aliphatic rings. The summed E-state index contributed by atoms with van der Waals surface area (Å²) in [6.07, 6.45) is 13.0. The van der Waals surface area contributed by atoms with Crippen LogP contribution in [0.3, 0.4) is 0 Å². The number of rotatable bonds is 8. The molecule has 0 amide bonds. The van der Waals surface area contributed by atoms with Gasteiger partial charge in [0, 0.05) is 5.92 Å². The fourth-order valence-corrected chi connectivity index (χ4v) is 3.88. The average molecular weight is 252 g/mol. The molecule has 0 saturated heterocycles. The Morgan fingerprint density at radius 2 is 1.72 bits per heavy atom. The van der Waals surface area contributed by atoms with Crippen molar-refractivity contribution in [2.24, 2.45) is 17.8 Å². The molecule has 106 valence electrons. The smallest absolute Gasteiger partial charge is 0.133 e. The second kappa shape index (κ2) is 8.72. The topological polar surface area (TPSA) is 17.1 Å². The first-order valence-corrected chi connectivity index (χ1v) is 8.21. The van der Waals surface area contributed by atoms with Crippen molar-refractivity contribution in [3.63, 3.8) is 0 Å². The number of ketones is 1. The van der Waals surface area contributed by atoms with Gasteiger partial charge in [-0.2, -0.15) is 0 Å². The van der Waals surface area contributed by atoms with Crippen LogP contribution in [0.25, 0.3) is 0 Å². The molecule has 2 unspecified atom stereocenters. The molecule has 0 aromatic heterocycles. The normalized spacial score (nSPS) is 20.6. The lowest BCUT2D eigenvalue weighted by Gasteiger charge is -2.34. The van der Waals surface area contributed by atoms with Crippen molar-refractivity contribution in [1.29, 1.82) is 0 Å². The summed E-state index contributed by atoms with van der Waals surface area (Å²) in [5.41, 5.74) is 0. The van der Waals surface area contributed by atoms with Crippen LogP contribution < -0.4 is 0 Å². The molecular formula is C17H32O. The van der Waals surface area contributed by atoms with Crippen LogP contribution in [-0.2, 0) is 4.79 Å². The van der Waals surface area contributed by atoms with Gasteiger partial charge in [0.15, 0.2) is 0 Å². The molecule has 0 aromatic carbocycles. The minimum absolute atomic E-state index is 0.372. The lowest BCUT2D eigenvalue weighted by atomic mass is 9.70. The summed E-state index contributed by atoms with van der Waals surface area (Å²) in [4.78, 5) is 12.1. The van der Waals surface area contributed by atoms with Crippen LogP contribution in [0.15, 0.2) is 0 Å². The van der Waals surface area contributed by atoms with Crippen molar-refractivity contribution in [3.05, 3.63) is 0 Å². The molecule has 1 saturated carbocycles. The maximum absolute atomic E-state index is 12.1. The van der Waals surface area contributed by atoms with Gasteiger partial charge in [-0.1, -0.05) is 58.8 Å². The van der Waals surface area contributed by atoms with Gasteiger partial charge in [0.25, 0.3) is 0 Å². The minimum Gasteiger partial charge on any atom is -0.300 e. The van der Waals surface area contributed by atoms with E-state index in [0.29, 0.717) is 23.5 Å². The van der Waals surface area contributed by atoms with Crippen molar-refractivity contribution >= 4 is 5.78 Å². The quantitative estimate of drug-likeness (QED) is 0.567. The van der Waals surface area contributed by atoms with Gasteiger partial charge in [0.2, 0.25) is 0 Å². The highest BCUT2D eigenvalue weighted by Crippen LogP contribution is 2.38. The highest BCUT2D eigenvalue weighted by atomic mass is 16.1. The Balaban J connectivity index is 2.67. The SMILES string of the molecule is CCCCC(CCC)C(C(C)=O)C1CCCCC1. The van der Waals surface area contributed by atoms with E-state index in [-0.39, 0.29) is 0 Å². The maximum atomic E-state index is 12.1. The van der Waals surface area contributed by atoms with Crippen LogP contribution in [0.1, 0.15) is 85.0 Å². The molecule has 1 fully saturated rings. The van der Waals surface area contributed by atoms with Crippen molar-refractivity contribution in [3.8, 4) is 0 Å². The Labute approximate surface area is 114 Å². The van der Waals surface area contributed by atoms with Gasteiger partial charge in [0.05, 0.1) is 0 Å². The summed E-state index contributed by atoms with van der Waals surface area (Å²) in [6, 6.07) is 0. The first-order valence-electron chi connectivity index (χ1n) is 8.21. The molecule has 2 atom stereocenters. The van der Waals surface area contributed by atoms with Crippen LogP contribution >= 0.6 is 0 Å². The van der Waals surface area contributed by atoms with Gasteiger partial charge in [-0.3, -0.25) is 4.79 Å². The van der Waals surface area contributed by atoms with E-state index >= 15 is 0 Å². The molecule has 1 nitrogen and oxygen atoms in total. The second-order valence-corrected chi connectivity index (χ2v) is 6.23. The minimum atomic E-state index is 0.372. The molecular weight excluding hydrogens is 220 g/mol. The van der Waals surface area contributed by atoms with E-state index < -0.39 is 0 Å². The number of unbranched alkanes of at least 4 members (excludes halogenated alkanes) is 1. The van der Waals surface area contributed by atoms with Gasteiger partial charge in [-0.25, -0.2) is 0 Å². The van der Waals surface area contributed by atoms with E-state index in [4.69, 9.17) is 0 Å². The highest BCUT2D eigenvalue weighted by Gasteiger charge is 2.32. The van der Waals surface area contributed by atoms with Crippen molar-refractivity contribution in [2.75, 3.05) is 0 Å². The lowest BCUT2D eigenvalue weighted by Crippen LogP contribution is -2.31. The summed E-state index contributed by atoms with van der Waals surface area (Å²) in [7, 11) is 0. The van der Waals surface area contributed by atoms with Crippen LogP contribution in [0.2, 0.25) is 0 Å². The third kappa shape index (κ3) is 4.74. The summed E-state index contributed by atoms with van der Waals surface area (Å²) < 4.78 is 0. The molecule has 1 heteroatoms. The number of hydrogen-bond acceptors (Lipinski definition) is 1. The first-order chi connectivity index (χ1) is 8.70. The standard InChI is InChI=1S/C17H32O/c1-4-6-11-15(10-5-2)17(14(3)18)16-12-8-7-9-13-16/h15-17H,4-13H2,1-3H3. The molecule has 0 bridgehead atoms. The third-order valence-electron chi connectivity index (χ3n) is 4.72. The fourth-order valence-electron chi connectivity index (χ4n) is 3.88. The van der Waals surface area contributed by atoms with Gasteiger partial charge in [-0.05, 0) is 38.0 Å². The van der Waals surface area contributed by atoms with Crippen molar-refractivity contribution < 1.29 is 4.79 Å². The molecule has 0 spiro atoms. The molecule has 18 heavy (non-hydrogen) atoms. The zero-order valence-corrected chi connectivity index (χ0v) is 12.7. The molecule has 0 aromatic rings.